The molecule has 1 aliphatic heterocycles. The van der Waals surface area contributed by atoms with Gasteiger partial charge < -0.3 is 9.47 Å². The standard InChI is InChI=1S/C14H13ClF2N2O4S/c15-8-5-9-12(10(6-8)24(20,21)14(16)17)18-7-19-13(9)23-11-3-1-2-4-22-11/h5-7,11,14H,1-4H2. The molecule has 2 heterocycles. The Labute approximate surface area is 141 Å². The van der Waals surface area contributed by atoms with Crippen LogP contribution in [0.15, 0.2) is 23.4 Å². The van der Waals surface area contributed by atoms with Crippen LogP contribution in [-0.4, -0.2) is 37.0 Å². The van der Waals surface area contributed by atoms with E-state index in [1.54, 1.807) is 0 Å². The lowest BCUT2D eigenvalue weighted by Gasteiger charge is -2.23. The highest BCUT2D eigenvalue weighted by Crippen LogP contribution is 2.33. The molecule has 1 fully saturated rings. The number of halogens is 3. The van der Waals surface area contributed by atoms with Crippen LogP contribution in [-0.2, 0) is 14.6 Å². The maximum absolute atomic E-state index is 12.9. The molecule has 0 amide bonds. The first-order valence-corrected chi connectivity index (χ1v) is 9.06. The zero-order valence-electron chi connectivity index (χ0n) is 12.3. The number of fused-ring (bicyclic) bond motifs is 1. The van der Waals surface area contributed by atoms with E-state index < -0.39 is 26.8 Å². The molecule has 10 heteroatoms. The van der Waals surface area contributed by atoms with Gasteiger partial charge in [-0.3, -0.25) is 0 Å². The van der Waals surface area contributed by atoms with Gasteiger partial charge in [0.2, 0.25) is 22.0 Å². The Kier molecular flexibility index (Phi) is 4.84. The number of alkyl halides is 2. The van der Waals surface area contributed by atoms with Crippen LogP contribution in [0.3, 0.4) is 0 Å². The zero-order chi connectivity index (χ0) is 17.3. The number of ether oxygens (including phenoxy) is 2. The first-order chi connectivity index (χ1) is 11.4. The minimum atomic E-state index is -4.87. The molecule has 24 heavy (non-hydrogen) atoms. The minimum Gasteiger partial charge on any atom is -0.447 e. The lowest BCUT2D eigenvalue weighted by Crippen LogP contribution is -2.25. The molecule has 0 aliphatic carbocycles. The minimum absolute atomic E-state index is 0.0362. The average Bonchev–Trinajstić information content (AvgIpc) is 2.55. The van der Waals surface area contributed by atoms with Crippen LogP contribution < -0.4 is 4.74 Å². The number of benzene rings is 1. The van der Waals surface area contributed by atoms with Gasteiger partial charge >= 0.3 is 5.76 Å². The molecule has 0 spiro atoms. The molecule has 0 bridgehead atoms. The van der Waals surface area contributed by atoms with Crippen molar-refractivity contribution in [2.75, 3.05) is 6.61 Å². The maximum atomic E-state index is 12.9. The van der Waals surface area contributed by atoms with Gasteiger partial charge in [-0.1, -0.05) is 11.6 Å². The summed E-state index contributed by atoms with van der Waals surface area (Å²) in [5, 5.41) is 0.101. The fourth-order valence-corrected chi connectivity index (χ4v) is 3.61. The Morgan fingerprint density at radius 2 is 2.08 bits per heavy atom. The summed E-state index contributed by atoms with van der Waals surface area (Å²) >= 11 is 5.90. The van der Waals surface area contributed by atoms with Gasteiger partial charge in [0.25, 0.3) is 0 Å². The summed E-state index contributed by atoms with van der Waals surface area (Å²) in [6.45, 7) is 0.541. The number of aromatic nitrogens is 2. The van der Waals surface area contributed by atoms with Gasteiger partial charge in [-0.15, -0.1) is 0 Å². The molecule has 1 atom stereocenters. The van der Waals surface area contributed by atoms with E-state index in [0.717, 1.165) is 25.2 Å². The van der Waals surface area contributed by atoms with Gasteiger partial charge in [-0.25, -0.2) is 18.4 Å². The Balaban J connectivity index is 2.11. The third kappa shape index (κ3) is 3.28. The summed E-state index contributed by atoms with van der Waals surface area (Å²) in [5.74, 6) is -3.54. The zero-order valence-corrected chi connectivity index (χ0v) is 13.9. The van der Waals surface area contributed by atoms with Gasteiger partial charge in [0.05, 0.1) is 17.5 Å². The lowest BCUT2D eigenvalue weighted by molar-refractivity contribution is -0.107. The second-order valence-electron chi connectivity index (χ2n) is 5.20. The van der Waals surface area contributed by atoms with Gasteiger partial charge in [-0.05, 0) is 25.0 Å². The summed E-state index contributed by atoms with van der Waals surface area (Å²) in [4.78, 5) is 7.12. The van der Waals surface area contributed by atoms with Gasteiger partial charge in [0, 0.05) is 11.4 Å². The first-order valence-electron chi connectivity index (χ1n) is 7.14. The van der Waals surface area contributed by atoms with E-state index in [4.69, 9.17) is 21.1 Å². The summed E-state index contributed by atoms with van der Waals surface area (Å²) < 4.78 is 60.6. The number of rotatable bonds is 4. The number of hydrogen-bond acceptors (Lipinski definition) is 6. The van der Waals surface area contributed by atoms with Crippen molar-refractivity contribution in [2.45, 2.75) is 36.2 Å². The van der Waals surface area contributed by atoms with Crippen LogP contribution in [0.25, 0.3) is 10.9 Å². The molecule has 1 saturated heterocycles. The highest BCUT2D eigenvalue weighted by molar-refractivity contribution is 7.92. The van der Waals surface area contributed by atoms with Crippen molar-refractivity contribution in [2.24, 2.45) is 0 Å². The van der Waals surface area contributed by atoms with Crippen molar-refractivity contribution >= 4 is 32.3 Å². The Morgan fingerprint density at radius 3 is 2.75 bits per heavy atom. The molecule has 0 saturated carbocycles. The third-order valence-corrected chi connectivity index (χ3v) is 5.17. The van der Waals surface area contributed by atoms with Crippen molar-refractivity contribution in [1.29, 1.82) is 0 Å². The van der Waals surface area contributed by atoms with E-state index in [0.29, 0.717) is 13.0 Å². The van der Waals surface area contributed by atoms with Crippen LogP contribution in [0.5, 0.6) is 5.88 Å². The van der Waals surface area contributed by atoms with E-state index in [9.17, 15) is 17.2 Å². The van der Waals surface area contributed by atoms with Gasteiger partial charge in [0.1, 0.15) is 11.2 Å². The van der Waals surface area contributed by atoms with Crippen LogP contribution >= 0.6 is 11.6 Å². The second kappa shape index (κ2) is 6.73. The van der Waals surface area contributed by atoms with Crippen molar-refractivity contribution in [1.82, 2.24) is 9.97 Å². The topological polar surface area (TPSA) is 78.4 Å². The van der Waals surface area contributed by atoms with Gasteiger partial charge in [-0.2, -0.15) is 8.78 Å². The molecule has 1 aromatic carbocycles. The highest BCUT2D eigenvalue weighted by atomic mass is 35.5. The first kappa shape index (κ1) is 17.2. The van der Waals surface area contributed by atoms with Crippen LogP contribution in [0.4, 0.5) is 8.78 Å². The summed E-state index contributed by atoms with van der Waals surface area (Å²) in [6.07, 6.45) is 3.01. The molecular formula is C14H13ClF2N2O4S. The summed E-state index contributed by atoms with van der Waals surface area (Å²) in [7, 11) is -4.87. The monoisotopic (exact) mass is 378 g/mol. The Hall–Kier alpha value is -1.58. The van der Waals surface area contributed by atoms with E-state index in [2.05, 4.69) is 9.97 Å². The van der Waals surface area contributed by atoms with Crippen LogP contribution in [0.1, 0.15) is 19.3 Å². The summed E-state index contributed by atoms with van der Waals surface area (Å²) in [6, 6.07) is 2.32. The number of hydrogen-bond donors (Lipinski definition) is 0. The van der Waals surface area contributed by atoms with Gasteiger partial charge in [0.15, 0.2) is 0 Å². The second-order valence-corrected chi connectivity index (χ2v) is 7.52. The molecule has 0 radical (unpaired) electrons. The predicted octanol–water partition coefficient (Wildman–Crippen LogP) is 3.18. The van der Waals surface area contributed by atoms with Crippen molar-refractivity contribution < 1.29 is 26.7 Å². The van der Waals surface area contributed by atoms with E-state index in [1.807, 2.05) is 0 Å². The van der Waals surface area contributed by atoms with Crippen molar-refractivity contribution in [3.63, 3.8) is 0 Å². The molecule has 1 aliphatic rings. The van der Waals surface area contributed by atoms with Crippen LogP contribution in [0, 0.1) is 0 Å². The number of nitrogens with zero attached hydrogens (tertiary/aromatic N) is 2. The molecule has 0 N–H and O–H groups in total. The van der Waals surface area contributed by atoms with Crippen LogP contribution in [0.2, 0.25) is 5.02 Å². The summed E-state index contributed by atoms with van der Waals surface area (Å²) in [5.41, 5.74) is -0.166. The van der Waals surface area contributed by atoms with Crippen molar-refractivity contribution in [3.05, 3.63) is 23.5 Å². The molecule has 6 nitrogen and oxygen atoms in total. The average molecular weight is 379 g/mol. The van der Waals surface area contributed by atoms with E-state index in [1.165, 1.54) is 6.07 Å². The Bertz CT molecular complexity index is 857. The predicted molar refractivity (Wildman–Crippen MR) is 82.0 cm³/mol. The smallest absolute Gasteiger partial charge is 0.341 e. The normalized spacial score (nSPS) is 18.9. The molecular weight excluding hydrogens is 366 g/mol. The fraction of sp³-hybridized carbons (Fsp3) is 0.429. The largest absolute Gasteiger partial charge is 0.447 e. The molecule has 1 aromatic heterocycles. The highest BCUT2D eigenvalue weighted by Gasteiger charge is 2.30. The van der Waals surface area contributed by atoms with E-state index in [-0.39, 0.29) is 21.8 Å². The van der Waals surface area contributed by atoms with Crippen molar-refractivity contribution in [3.8, 4) is 5.88 Å². The quantitative estimate of drug-likeness (QED) is 0.813. The molecule has 130 valence electrons. The van der Waals surface area contributed by atoms with E-state index >= 15 is 0 Å². The lowest BCUT2D eigenvalue weighted by atomic mass is 10.2. The number of sulfone groups is 1. The Morgan fingerprint density at radius 1 is 1.29 bits per heavy atom. The molecule has 1 unspecified atom stereocenters. The molecule has 2 aromatic rings. The third-order valence-electron chi connectivity index (χ3n) is 3.55. The SMILES string of the molecule is O=S(=O)(c1cc(Cl)cc2c(OC3CCCCO3)ncnc12)C(F)F. The maximum Gasteiger partial charge on any atom is 0.341 e. The molecule has 3 rings (SSSR count). The fourth-order valence-electron chi connectivity index (χ4n) is 2.41.